The number of carbonyl (C=O) groups excluding carboxylic acids is 2. The molecule has 1 heterocycles. The fourth-order valence-electron chi connectivity index (χ4n) is 2.34. The molecular formula is C21H16O4. The predicted octanol–water partition coefficient (Wildman–Crippen LogP) is 4.63. The van der Waals surface area contributed by atoms with Gasteiger partial charge in [-0.15, -0.1) is 0 Å². The second-order valence-corrected chi connectivity index (χ2v) is 5.33. The minimum atomic E-state index is -0.381. The largest absolute Gasteiger partial charge is 0.465 e. The van der Waals surface area contributed by atoms with Gasteiger partial charge in [0, 0.05) is 11.1 Å². The van der Waals surface area contributed by atoms with Crippen molar-refractivity contribution in [1.29, 1.82) is 0 Å². The van der Waals surface area contributed by atoms with E-state index in [1.165, 1.54) is 13.2 Å². The van der Waals surface area contributed by atoms with Gasteiger partial charge >= 0.3 is 5.97 Å². The van der Waals surface area contributed by atoms with Crippen molar-refractivity contribution in [3.05, 3.63) is 89.7 Å². The predicted molar refractivity (Wildman–Crippen MR) is 95.3 cm³/mol. The maximum Gasteiger partial charge on any atom is 0.337 e. The van der Waals surface area contributed by atoms with Gasteiger partial charge in [-0.3, -0.25) is 4.79 Å². The molecule has 0 N–H and O–H groups in total. The first kappa shape index (κ1) is 16.5. The number of rotatable bonds is 5. The zero-order chi connectivity index (χ0) is 17.6. The van der Waals surface area contributed by atoms with Crippen LogP contribution in [0.1, 0.15) is 26.5 Å². The Balaban J connectivity index is 1.73. The Morgan fingerprint density at radius 1 is 0.880 bits per heavy atom. The van der Waals surface area contributed by atoms with Gasteiger partial charge in [0.2, 0.25) is 0 Å². The van der Waals surface area contributed by atoms with Crippen LogP contribution in [0.4, 0.5) is 0 Å². The van der Waals surface area contributed by atoms with Crippen molar-refractivity contribution in [3.8, 4) is 11.3 Å². The van der Waals surface area contributed by atoms with E-state index in [2.05, 4.69) is 4.74 Å². The van der Waals surface area contributed by atoms with Gasteiger partial charge in [0.25, 0.3) is 0 Å². The smallest absolute Gasteiger partial charge is 0.337 e. The fraction of sp³-hybridized carbons (Fsp3) is 0.0476. The molecule has 0 unspecified atom stereocenters. The van der Waals surface area contributed by atoms with Gasteiger partial charge in [-0.2, -0.15) is 0 Å². The first-order valence-electron chi connectivity index (χ1n) is 7.73. The molecular weight excluding hydrogens is 316 g/mol. The molecule has 0 atom stereocenters. The summed E-state index contributed by atoms with van der Waals surface area (Å²) < 4.78 is 10.4. The van der Waals surface area contributed by atoms with E-state index in [0.717, 1.165) is 5.56 Å². The first-order chi connectivity index (χ1) is 12.2. The third kappa shape index (κ3) is 3.93. The number of esters is 1. The molecule has 1 aromatic heterocycles. The number of hydrogen-bond donors (Lipinski definition) is 0. The van der Waals surface area contributed by atoms with Crippen molar-refractivity contribution in [2.75, 3.05) is 7.11 Å². The Bertz CT molecular complexity index is 903. The number of ketones is 1. The Kier molecular flexibility index (Phi) is 4.90. The standard InChI is InChI=1S/C21H16O4/c1-24-21(23)17-9-7-16(8-10-17)20-14-12-18(25-20)11-13-19(22)15-5-3-2-4-6-15/h2-14H,1H3/b13-11+. The third-order valence-corrected chi connectivity index (χ3v) is 3.67. The third-order valence-electron chi connectivity index (χ3n) is 3.67. The molecule has 4 nitrogen and oxygen atoms in total. The summed E-state index contributed by atoms with van der Waals surface area (Å²) in [5.74, 6) is 0.773. The van der Waals surface area contributed by atoms with Gasteiger partial charge in [0.1, 0.15) is 11.5 Å². The summed E-state index contributed by atoms with van der Waals surface area (Å²) in [5.41, 5.74) is 1.94. The minimum absolute atomic E-state index is 0.0824. The van der Waals surface area contributed by atoms with Gasteiger partial charge in [-0.25, -0.2) is 4.79 Å². The summed E-state index contributed by atoms with van der Waals surface area (Å²) in [7, 11) is 1.35. The Morgan fingerprint density at radius 3 is 2.28 bits per heavy atom. The van der Waals surface area contributed by atoms with E-state index in [4.69, 9.17) is 4.42 Å². The number of methoxy groups -OCH3 is 1. The van der Waals surface area contributed by atoms with Crippen LogP contribution in [0.3, 0.4) is 0 Å². The van der Waals surface area contributed by atoms with E-state index in [9.17, 15) is 9.59 Å². The van der Waals surface area contributed by atoms with Gasteiger partial charge in [-0.05, 0) is 36.4 Å². The molecule has 25 heavy (non-hydrogen) atoms. The topological polar surface area (TPSA) is 56.5 Å². The molecule has 0 saturated heterocycles. The summed E-state index contributed by atoms with van der Waals surface area (Å²) in [4.78, 5) is 23.5. The molecule has 0 amide bonds. The maximum atomic E-state index is 12.1. The molecule has 0 aliphatic rings. The van der Waals surface area contributed by atoms with Crippen molar-refractivity contribution in [1.82, 2.24) is 0 Å². The highest BCUT2D eigenvalue weighted by Crippen LogP contribution is 2.23. The van der Waals surface area contributed by atoms with Crippen molar-refractivity contribution < 1.29 is 18.7 Å². The molecule has 2 aromatic carbocycles. The lowest BCUT2D eigenvalue weighted by molar-refractivity contribution is 0.0600. The lowest BCUT2D eigenvalue weighted by Gasteiger charge is -2.00. The Morgan fingerprint density at radius 2 is 1.60 bits per heavy atom. The van der Waals surface area contributed by atoms with Crippen LogP contribution in [-0.2, 0) is 4.74 Å². The molecule has 0 saturated carbocycles. The van der Waals surface area contributed by atoms with Gasteiger partial charge in [0.05, 0.1) is 12.7 Å². The van der Waals surface area contributed by atoms with Crippen LogP contribution in [0.15, 0.2) is 77.2 Å². The van der Waals surface area contributed by atoms with Gasteiger partial charge in [-0.1, -0.05) is 42.5 Å². The molecule has 3 aromatic rings. The molecule has 0 spiro atoms. The quantitative estimate of drug-likeness (QED) is 0.388. The van der Waals surface area contributed by atoms with Gasteiger partial charge < -0.3 is 9.15 Å². The summed E-state index contributed by atoms with van der Waals surface area (Å²) in [6.45, 7) is 0. The second-order valence-electron chi connectivity index (χ2n) is 5.33. The first-order valence-corrected chi connectivity index (χ1v) is 7.73. The summed E-state index contributed by atoms with van der Waals surface area (Å²) in [6.07, 6.45) is 3.12. The highest BCUT2D eigenvalue weighted by molar-refractivity contribution is 6.06. The van der Waals surface area contributed by atoms with E-state index in [1.54, 1.807) is 48.5 Å². The van der Waals surface area contributed by atoms with Crippen molar-refractivity contribution >= 4 is 17.8 Å². The van der Waals surface area contributed by atoms with Crippen molar-refractivity contribution in [3.63, 3.8) is 0 Å². The number of allylic oxidation sites excluding steroid dienone is 1. The average molecular weight is 332 g/mol. The zero-order valence-electron chi connectivity index (χ0n) is 13.6. The minimum Gasteiger partial charge on any atom is -0.465 e. The van der Waals surface area contributed by atoms with E-state index >= 15 is 0 Å². The highest BCUT2D eigenvalue weighted by Gasteiger charge is 2.08. The Labute approximate surface area is 145 Å². The zero-order valence-corrected chi connectivity index (χ0v) is 13.6. The number of hydrogen-bond acceptors (Lipinski definition) is 4. The molecule has 4 heteroatoms. The lowest BCUT2D eigenvalue weighted by Crippen LogP contribution is -2.00. The van der Waals surface area contributed by atoms with E-state index in [0.29, 0.717) is 22.6 Å². The normalized spacial score (nSPS) is 10.8. The average Bonchev–Trinajstić information content (AvgIpc) is 3.15. The monoisotopic (exact) mass is 332 g/mol. The van der Waals surface area contributed by atoms with Crippen LogP contribution in [0.5, 0.6) is 0 Å². The molecule has 0 fully saturated rings. The van der Waals surface area contributed by atoms with Crippen molar-refractivity contribution in [2.24, 2.45) is 0 Å². The number of ether oxygens (including phenoxy) is 1. The summed E-state index contributed by atoms with van der Waals surface area (Å²) in [5, 5.41) is 0. The van der Waals surface area contributed by atoms with Crippen LogP contribution in [0.2, 0.25) is 0 Å². The molecule has 0 aliphatic carbocycles. The number of furan rings is 1. The molecule has 0 bridgehead atoms. The second kappa shape index (κ2) is 7.45. The van der Waals surface area contributed by atoms with Crippen LogP contribution < -0.4 is 0 Å². The van der Waals surface area contributed by atoms with Crippen molar-refractivity contribution in [2.45, 2.75) is 0 Å². The number of benzene rings is 2. The van der Waals surface area contributed by atoms with Crippen LogP contribution in [0.25, 0.3) is 17.4 Å². The van der Waals surface area contributed by atoms with E-state index in [-0.39, 0.29) is 11.8 Å². The van der Waals surface area contributed by atoms with Crippen LogP contribution in [0, 0.1) is 0 Å². The Hall–Kier alpha value is -3.40. The molecule has 0 aliphatic heterocycles. The SMILES string of the molecule is COC(=O)c1ccc(-c2ccc(/C=C/C(=O)c3ccccc3)o2)cc1. The van der Waals surface area contributed by atoms with Crippen LogP contribution >= 0.6 is 0 Å². The number of carbonyl (C=O) groups is 2. The van der Waals surface area contributed by atoms with E-state index < -0.39 is 0 Å². The fourth-order valence-corrected chi connectivity index (χ4v) is 2.34. The summed E-state index contributed by atoms with van der Waals surface area (Å²) in [6, 6.07) is 19.6. The molecule has 0 radical (unpaired) electrons. The molecule has 124 valence electrons. The lowest BCUT2D eigenvalue weighted by atomic mass is 10.1. The van der Waals surface area contributed by atoms with Crippen LogP contribution in [-0.4, -0.2) is 18.9 Å². The maximum absolute atomic E-state index is 12.1. The molecule has 3 rings (SSSR count). The van der Waals surface area contributed by atoms with Gasteiger partial charge in [0.15, 0.2) is 5.78 Å². The summed E-state index contributed by atoms with van der Waals surface area (Å²) >= 11 is 0. The van der Waals surface area contributed by atoms with E-state index in [1.807, 2.05) is 24.3 Å². The highest BCUT2D eigenvalue weighted by atomic mass is 16.5.